The molecule has 0 radical (unpaired) electrons. The quantitative estimate of drug-likeness (QED) is 0.891. The number of benzene rings is 1. The van der Waals surface area contributed by atoms with E-state index in [1.54, 1.807) is 0 Å². The molecule has 5 heteroatoms. The van der Waals surface area contributed by atoms with E-state index < -0.39 is 11.6 Å². The molecule has 2 rings (SSSR count). The largest absolute Gasteiger partial charge is 0.324 e. The molecule has 0 bridgehead atoms. The van der Waals surface area contributed by atoms with Gasteiger partial charge in [-0.05, 0) is 56.8 Å². The van der Waals surface area contributed by atoms with Crippen LogP contribution in [0.5, 0.6) is 0 Å². The first kappa shape index (κ1) is 14.9. The maximum Gasteiger partial charge on any atom is 0.224 e. The van der Waals surface area contributed by atoms with Crippen LogP contribution in [-0.4, -0.2) is 19.0 Å². The molecule has 1 amide bonds. The van der Waals surface area contributed by atoms with E-state index in [0.29, 0.717) is 12.3 Å². The second-order valence-electron chi connectivity index (χ2n) is 5.36. The van der Waals surface area contributed by atoms with E-state index in [0.717, 1.165) is 44.5 Å². The number of halogens is 2. The Morgan fingerprint density at radius 1 is 1.30 bits per heavy atom. The van der Waals surface area contributed by atoms with Gasteiger partial charge in [-0.15, -0.1) is 0 Å². The molecule has 2 N–H and O–H groups in total. The fraction of sp³-hybridized carbons (Fsp3) is 0.533. The fourth-order valence-corrected chi connectivity index (χ4v) is 2.46. The van der Waals surface area contributed by atoms with E-state index in [9.17, 15) is 13.6 Å². The van der Waals surface area contributed by atoms with Gasteiger partial charge in [-0.1, -0.05) is 0 Å². The van der Waals surface area contributed by atoms with Gasteiger partial charge in [0.15, 0.2) is 0 Å². The Hall–Kier alpha value is -1.49. The summed E-state index contributed by atoms with van der Waals surface area (Å²) in [4.78, 5) is 11.8. The molecule has 1 fully saturated rings. The number of rotatable bonds is 4. The van der Waals surface area contributed by atoms with Crippen molar-refractivity contribution in [1.29, 1.82) is 0 Å². The van der Waals surface area contributed by atoms with Gasteiger partial charge < -0.3 is 10.6 Å². The Morgan fingerprint density at radius 3 is 2.70 bits per heavy atom. The number of hydrogen-bond donors (Lipinski definition) is 2. The molecule has 0 saturated carbocycles. The van der Waals surface area contributed by atoms with E-state index in [-0.39, 0.29) is 17.2 Å². The van der Waals surface area contributed by atoms with Gasteiger partial charge in [-0.3, -0.25) is 4.79 Å². The summed E-state index contributed by atoms with van der Waals surface area (Å²) in [7, 11) is 0. The lowest BCUT2D eigenvalue weighted by molar-refractivity contribution is -0.116. The van der Waals surface area contributed by atoms with Gasteiger partial charge in [0.25, 0.3) is 0 Å². The second-order valence-corrected chi connectivity index (χ2v) is 5.36. The topological polar surface area (TPSA) is 41.1 Å². The Balaban J connectivity index is 1.86. The van der Waals surface area contributed by atoms with Crippen molar-refractivity contribution in [3.05, 3.63) is 29.3 Å². The summed E-state index contributed by atoms with van der Waals surface area (Å²) in [5, 5.41) is 5.72. The minimum Gasteiger partial charge on any atom is -0.324 e. The van der Waals surface area contributed by atoms with Crippen LogP contribution in [0.25, 0.3) is 0 Å². The van der Waals surface area contributed by atoms with Gasteiger partial charge in [0.05, 0.1) is 5.69 Å². The number of amides is 1. The molecular weight excluding hydrogens is 262 g/mol. The third kappa shape index (κ3) is 4.00. The molecule has 110 valence electrons. The SMILES string of the molecule is Cc1cc(F)c(NC(=O)CCC2CCNCC2)cc1F. The van der Waals surface area contributed by atoms with Crippen LogP contribution in [0.15, 0.2) is 12.1 Å². The predicted octanol–water partition coefficient (Wildman–Crippen LogP) is 2.99. The first-order valence-electron chi connectivity index (χ1n) is 7.02. The van der Waals surface area contributed by atoms with Crippen molar-refractivity contribution in [2.75, 3.05) is 18.4 Å². The normalized spacial score (nSPS) is 16.1. The molecule has 1 aliphatic rings. The van der Waals surface area contributed by atoms with Crippen LogP contribution in [0, 0.1) is 24.5 Å². The van der Waals surface area contributed by atoms with Crippen LogP contribution in [0.2, 0.25) is 0 Å². The molecule has 0 aliphatic carbocycles. The van der Waals surface area contributed by atoms with Crippen LogP contribution in [0.3, 0.4) is 0 Å². The average molecular weight is 282 g/mol. The minimum atomic E-state index is -0.598. The maximum atomic E-state index is 13.6. The van der Waals surface area contributed by atoms with Gasteiger partial charge in [-0.25, -0.2) is 8.78 Å². The summed E-state index contributed by atoms with van der Waals surface area (Å²) in [5.41, 5.74) is 0.151. The predicted molar refractivity (Wildman–Crippen MR) is 74.6 cm³/mol. The molecule has 0 spiro atoms. The maximum absolute atomic E-state index is 13.6. The van der Waals surface area contributed by atoms with E-state index in [1.165, 1.54) is 6.92 Å². The summed E-state index contributed by atoms with van der Waals surface area (Å²) >= 11 is 0. The summed E-state index contributed by atoms with van der Waals surface area (Å²) in [6, 6.07) is 2.13. The molecule has 0 aromatic heterocycles. The van der Waals surface area contributed by atoms with Gasteiger partial charge in [0, 0.05) is 12.5 Å². The lowest BCUT2D eigenvalue weighted by atomic mass is 9.93. The number of carbonyl (C=O) groups is 1. The minimum absolute atomic E-state index is 0.0802. The van der Waals surface area contributed by atoms with Gasteiger partial charge in [0.2, 0.25) is 5.91 Å². The highest BCUT2D eigenvalue weighted by molar-refractivity contribution is 5.90. The van der Waals surface area contributed by atoms with Gasteiger partial charge in [-0.2, -0.15) is 0 Å². The Morgan fingerprint density at radius 2 is 2.00 bits per heavy atom. The van der Waals surface area contributed by atoms with E-state index >= 15 is 0 Å². The summed E-state index contributed by atoms with van der Waals surface area (Å²) < 4.78 is 27.0. The number of aryl methyl sites for hydroxylation is 1. The lowest BCUT2D eigenvalue weighted by Gasteiger charge is -2.22. The standard InChI is InChI=1S/C15H20F2N2O/c1-10-8-13(17)14(9-12(10)16)19-15(20)3-2-11-4-6-18-7-5-11/h8-9,11,18H,2-7H2,1H3,(H,19,20). The zero-order valence-corrected chi connectivity index (χ0v) is 11.6. The molecule has 20 heavy (non-hydrogen) atoms. The molecule has 3 nitrogen and oxygen atoms in total. The molecular formula is C15H20F2N2O. The highest BCUT2D eigenvalue weighted by atomic mass is 19.1. The molecule has 0 unspecified atom stereocenters. The number of carbonyl (C=O) groups excluding carboxylic acids is 1. The lowest BCUT2D eigenvalue weighted by Crippen LogP contribution is -2.28. The van der Waals surface area contributed by atoms with Crippen LogP contribution in [0.1, 0.15) is 31.2 Å². The van der Waals surface area contributed by atoms with E-state index in [2.05, 4.69) is 10.6 Å². The van der Waals surface area contributed by atoms with Crippen LogP contribution in [-0.2, 0) is 4.79 Å². The monoisotopic (exact) mass is 282 g/mol. The zero-order chi connectivity index (χ0) is 14.5. The van der Waals surface area contributed by atoms with Crippen LogP contribution >= 0.6 is 0 Å². The number of nitrogens with one attached hydrogen (secondary N) is 2. The smallest absolute Gasteiger partial charge is 0.224 e. The van der Waals surface area contributed by atoms with Crippen molar-refractivity contribution >= 4 is 11.6 Å². The molecule has 0 atom stereocenters. The molecule has 1 aliphatic heterocycles. The Bertz CT molecular complexity index is 485. The van der Waals surface area contributed by atoms with Crippen LogP contribution < -0.4 is 10.6 Å². The van der Waals surface area contributed by atoms with Crippen molar-refractivity contribution < 1.29 is 13.6 Å². The van der Waals surface area contributed by atoms with Crippen molar-refractivity contribution in [3.8, 4) is 0 Å². The second kappa shape index (κ2) is 6.79. The number of hydrogen-bond acceptors (Lipinski definition) is 2. The summed E-state index contributed by atoms with van der Waals surface area (Å²) in [6.07, 6.45) is 3.28. The molecule has 1 aromatic carbocycles. The van der Waals surface area contributed by atoms with Crippen molar-refractivity contribution in [3.63, 3.8) is 0 Å². The van der Waals surface area contributed by atoms with Gasteiger partial charge in [0.1, 0.15) is 11.6 Å². The van der Waals surface area contributed by atoms with Gasteiger partial charge >= 0.3 is 0 Å². The number of anilines is 1. The van der Waals surface area contributed by atoms with E-state index in [1.807, 2.05) is 0 Å². The summed E-state index contributed by atoms with van der Waals surface area (Å²) in [6.45, 7) is 3.47. The fourth-order valence-electron chi connectivity index (χ4n) is 2.46. The molecule has 1 heterocycles. The van der Waals surface area contributed by atoms with Crippen molar-refractivity contribution in [1.82, 2.24) is 5.32 Å². The van der Waals surface area contributed by atoms with Crippen molar-refractivity contribution in [2.24, 2.45) is 5.92 Å². The highest BCUT2D eigenvalue weighted by Gasteiger charge is 2.15. The Labute approximate surface area is 117 Å². The highest BCUT2D eigenvalue weighted by Crippen LogP contribution is 2.21. The third-order valence-electron chi connectivity index (χ3n) is 3.76. The first-order valence-corrected chi connectivity index (χ1v) is 7.02. The summed E-state index contributed by atoms with van der Waals surface area (Å²) in [5.74, 6) is -0.827. The van der Waals surface area contributed by atoms with E-state index in [4.69, 9.17) is 0 Å². The Kier molecular flexibility index (Phi) is 5.06. The van der Waals surface area contributed by atoms with Crippen molar-refractivity contribution in [2.45, 2.75) is 32.6 Å². The first-order chi connectivity index (χ1) is 9.56. The van der Waals surface area contributed by atoms with Crippen LogP contribution in [0.4, 0.5) is 14.5 Å². The number of piperidine rings is 1. The third-order valence-corrected chi connectivity index (χ3v) is 3.76. The average Bonchev–Trinajstić information content (AvgIpc) is 2.44. The molecule has 1 saturated heterocycles. The zero-order valence-electron chi connectivity index (χ0n) is 11.6. The molecule has 1 aromatic rings.